The predicted octanol–water partition coefficient (Wildman–Crippen LogP) is 1.67. The summed E-state index contributed by atoms with van der Waals surface area (Å²) in [5.74, 6) is 0.0559. The topological polar surface area (TPSA) is 88.7 Å². The van der Waals surface area contributed by atoms with Crippen LogP contribution in [0.25, 0.3) is 0 Å². The monoisotopic (exact) mass is 345 g/mol. The van der Waals surface area contributed by atoms with Crippen LogP contribution in [0.2, 0.25) is 0 Å². The van der Waals surface area contributed by atoms with E-state index < -0.39 is 11.7 Å². The van der Waals surface area contributed by atoms with E-state index in [0.29, 0.717) is 26.2 Å². The number of carbonyl (C=O) groups is 2. The van der Waals surface area contributed by atoms with E-state index >= 15 is 0 Å². The van der Waals surface area contributed by atoms with Crippen LogP contribution in [0.3, 0.4) is 0 Å². The van der Waals surface area contributed by atoms with E-state index in [4.69, 9.17) is 9.47 Å². The lowest BCUT2D eigenvalue weighted by Crippen LogP contribution is -2.40. The van der Waals surface area contributed by atoms with Crippen molar-refractivity contribution in [3.05, 3.63) is 0 Å². The Morgan fingerprint density at radius 3 is 2.25 bits per heavy atom. The highest BCUT2D eigenvalue weighted by atomic mass is 16.6. The Labute approximate surface area is 146 Å². The van der Waals surface area contributed by atoms with Gasteiger partial charge in [0.1, 0.15) is 5.60 Å². The number of methoxy groups -OCH3 is 1. The Morgan fingerprint density at radius 2 is 1.71 bits per heavy atom. The number of alkyl carbamates (subject to hydrolysis) is 1. The number of ether oxygens (including phenoxy) is 2. The zero-order chi connectivity index (χ0) is 18.6. The standard InChI is InChI=1S/C17H35N3O4/c1-13(2)15(21)19-11-10-18-14(12-23-6)8-7-9-20-16(22)24-17(3,4)5/h13-14,18H,7-12H2,1-6H3,(H,19,21)(H,20,22). The molecule has 0 aliphatic heterocycles. The van der Waals surface area contributed by atoms with Crippen molar-refractivity contribution in [2.75, 3.05) is 33.4 Å². The van der Waals surface area contributed by atoms with Crippen molar-refractivity contribution >= 4 is 12.0 Å². The summed E-state index contributed by atoms with van der Waals surface area (Å²) in [7, 11) is 1.66. The maximum atomic E-state index is 11.5. The highest BCUT2D eigenvalue weighted by Gasteiger charge is 2.15. The van der Waals surface area contributed by atoms with E-state index in [1.165, 1.54) is 0 Å². The summed E-state index contributed by atoms with van der Waals surface area (Å²) in [6.45, 7) is 11.7. The number of hydrogen-bond donors (Lipinski definition) is 3. The van der Waals surface area contributed by atoms with Gasteiger partial charge in [-0.3, -0.25) is 4.79 Å². The first-order valence-corrected chi connectivity index (χ1v) is 8.62. The van der Waals surface area contributed by atoms with Crippen LogP contribution >= 0.6 is 0 Å². The van der Waals surface area contributed by atoms with E-state index in [0.717, 1.165) is 12.8 Å². The van der Waals surface area contributed by atoms with E-state index in [2.05, 4.69) is 16.0 Å². The van der Waals surface area contributed by atoms with E-state index in [9.17, 15) is 9.59 Å². The fourth-order valence-electron chi connectivity index (χ4n) is 1.96. The van der Waals surface area contributed by atoms with Crippen molar-refractivity contribution in [2.24, 2.45) is 5.92 Å². The summed E-state index contributed by atoms with van der Waals surface area (Å²) in [5, 5.41) is 8.97. The second kappa shape index (κ2) is 12.1. The zero-order valence-electron chi connectivity index (χ0n) is 16.0. The quantitative estimate of drug-likeness (QED) is 0.496. The molecule has 0 aromatic heterocycles. The van der Waals surface area contributed by atoms with Gasteiger partial charge in [0.25, 0.3) is 0 Å². The molecular weight excluding hydrogens is 310 g/mol. The molecule has 0 radical (unpaired) electrons. The molecule has 0 aliphatic carbocycles. The van der Waals surface area contributed by atoms with E-state index in [1.54, 1.807) is 7.11 Å². The van der Waals surface area contributed by atoms with Gasteiger partial charge in [0, 0.05) is 38.7 Å². The number of nitrogens with one attached hydrogen (secondary N) is 3. The molecule has 0 spiro atoms. The summed E-state index contributed by atoms with van der Waals surface area (Å²) >= 11 is 0. The smallest absolute Gasteiger partial charge is 0.407 e. The van der Waals surface area contributed by atoms with E-state index in [1.807, 2.05) is 34.6 Å². The molecule has 7 heteroatoms. The van der Waals surface area contributed by atoms with Crippen molar-refractivity contribution in [3.8, 4) is 0 Å². The number of carbonyl (C=O) groups excluding carboxylic acids is 2. The molecule has 3 N–H and O–H groups in total. The average molecular weight is 345 g/mol. The van der Waals surface area contributed by atoms with Crippen LogP contribution < -0.4 is 16.0 Å². The van der Waals surface area contributed by atoms with Gasteiger partial charge in [0.05, 0.1) is 6.61 Å². The van der Waals surface area contributed by atoms with Crippen LogP contribution in [0.15, 0.2) is 0 Å². The lowest BCUT2D eigenvalue weighted by Gasteiger charge is -2.20. The van der Waals surface area contributed by atoms with Crippen LogP contribution in [-0.2, 0) is 14.3 Å². The summed E-state index contributed by atoms with van der Waals surface area (Å²) in [5.41, 5.74) is -0.482. The van der Waals surface area contributed by atoms with Crippen molar-refractivity contribution in [3.63, 3.8) is 0 Å². The molecule has 0 aliphatic rings. The summed E-state index contributed by atoms with van der Waals surface area (Å²) < 4.78 is 10.4. The molecule has 1 unspecified atom stereocenters. The Morgan fingerprint density at radius 1 is 1.04 bits per heavy atom. The second-order valence-electron chi connectivity index (χ2n) is 7.12. The molecule has 0 fully saturated rings. The molecule has 142 valence electrons. The first-order valence-electron chi connectivity index (χ1n) is 8.62. The largest absolute Gasteiger partial charge is 0.444 e. The van der Waals surface area contributed by atoms with Crippen LogP contribution in [0.5, 0.6) is 0 Å². The zero-order valence-corrected chi connectivity index (χ0v) is 16.0. The Hall–Kier alpha value is -1.34. The molecular formula is C17H35N3O4. The van der Waals surface area contributed by atoms with Crippen molar-refractivity contribution in [1.29, 1.82) is 0 Å². The Balaban J connectivity index is 3.88. The van der Waals surface area contributed by atoms with Gasteiger partial charge in [0.15, 0.2) is 0 Å². The normalized spacial score (nSPS) is 12.8. The van der Waals surface area contributed by atoms with Crippen molar-refractivity contribution in [2.45, 2.75) is 59.1 Å². The molecule has 2 amide bonds. The van der Waals surface area contributed by atoms with Gasteiger partial charge < -0.3 is 25.4 Å². The lowest BCUT2D eigenvalue weighted by atomic mass is 10.1. The lowest BCUT2D eigenvalue weighted by molar-refractivity contribution is -0.123. The minimum atomic E-state index is -0.482. The highest BCUT2D eigenvalue weighted by molar-refractivity contribution is 5.77. The summed E-state index contributed by atoms with van der Waals surface area (Å²) in [4.78, 5) is 23.0. The third-order valence-corrected chi connectivity index (χ3v) is 3.15. The van der Waals surface area contributed by atoms with Gasteiger partial charge in [-0.05, 0) is 33.6 Å². The fourth-order valence-corrected chi connectivity index (χ4v) is 1.96. The second-order valence-corrected chi connectivity index (χ2v) is 7.12. The van der Waals surface area contributed by atoms with Gasteiger partial charge >= 0.3 is 6.09 Å². The van der Waals surface area contributed by atoms with Crippen LogP contribution in [-0.4, -0.2) is 57.0 Å². The number of hydrogen-bond acceptors (Lipinski definition) is 5. The molecule has 0 heterocycles. The van der Waals surface area contributed by atoms with Gasteiger partial charge in [-0.1, -0.05) is 13.8 Å². The molecule has 0 saturated heterocycles. The molecule has 0 bridgehead atoms. The van der Waals surface area contributed by atoms with Gasteiger partial charge in [-0.2, -0.15) is 0 Å². The highest BCUT2D eigenvalue weighted by Crippen LogP contribution is 2.06. The van der Waals surface area contributed by atoms with E-state index in [-0.39, 0.29) is 17.9 Å². The van der Waals surface area contributed by atoms with Crippen molar-refractivity contribution < 1.29 is 19.1 Å². The first kappa shape index (κ1) is 22.7. The Kier molecular flexibility index (Phi) is 11.4. The SMILES string of the molecule is COCC(CCCNC(=O)OC(C)(C)C)NCCNC(=O)C(C)C. The van der Waals surface area contributed by atoms with Gasteiger partial charge in [-0.15, -0.1) is 0 Å². The van der Waals surface area contributed by atoms with Crippen LogP contribution in [0.4, 0.5) is 4.79 Å². The van der Waals surface area contributed by atoms with Crippen LogP contribution in [0.1, 0.15) is 47.5 Å². The maximum absolute atomic E-state index is 11.5. The summed E-state index contributed by atoms with van der Waals surface area (Å²) in [6.07, 6.45) is 1.29. The van der Waals surface area contributed by atoms with Crippen LogP contribution in [0, 0.1) is 5.92 Å². The molecule has 0 aromatic rings. The van der Waals surface area contributed by atoms with Gasteiger partial charge in [0.2, 0.25) is 5.91 Å². The molecule has 7 nitrogen and oxygen atoms in total. The van der Waals surface area contributed by atoms with Gasteiger partial charge in [-0.25, -0.2) is 4.79 Å². The predicted molar refractivity (Wildman–Crippen MR) is 95.0 cm³/mol. The summed E-state index contributed by atoms with van der Waals surface area (Å²) in [6, 6.07) is 0.186. The van der Waals surface area contributed by atoms with Crippen molar-refractivity contribution in [1.82, 2.24) is 16.0 Å². The number of amides is 2. The molecule has 0 aromatic carbocycles. The Bertz CT molecular complexity index is 367. The fraction of sp³-hybridized carbons (Fsp3) is 0.882. The molecule has 1 atom stereocenters. The first-order chi connectivity index (χ1) is 11.2. The molecule has 24 heavy (non-hydrogen) atoms. The minimum absolute atomic E-state index is 0.00120. The maximum Gasteiger partial charge on any atom is 0.407 e. The third kappa shape index (κ3) is 13.1. The average Bonchev–Trinajstić information content (AvgIpc) is 2.45. The third-order valence-electron chi connectivity index (χ3n) is 3.15. The molecule has 0 saturated carbocycles. The number of rotatable bonds is 11. The minimum Gasteiger partial charge on any atom is -0.444 e. The molecule has 0 rings (SSSR count).